The van der Waals surface area contributed by atoms with Gasteiger partial charge in [0, 0.05) is 24.6 Å². The van der Waals surface area contributed by atoms with Crippen molar-refractivity contribution in [2.75, 3.05) is 18.1 Å². The minimum atomic E-state index is -0.186. The molecule has 1 aromatic carbocycles. The molecule has 1 aliphatic heterocycles. The fraction of sp³-hybridized carbons (Fsp3) is 0.538. The van der Waals surface area contributed by atoms with E-state index in [4.69, 9.17) is 0 Å². The summed E-state index contributed by atoms with van der Waals surface area (Å²) in [5.41, 5.74) is 0.458. The van der Waals surface area contributed by atoms with Gasteiger partial charge in [-0.3, -0.25) is 0 Å². The zero-order valence-electron chi connectivity index (χ0n) is 9.78. The monoisotopic (exact) mass is 223 g/mol. The first kappa shape index (κ1) is 11.4. The summed E-state index contributed by atoms with van der Waals surface area (Å²) in [6.07, 6.45) is 0.915. The van der Waals surface area contributed by atoms with E-state index < -0.39 is 0 Å². The van der Waals surface area contributed by atoms with Crippen molar-refractivity contribution < 1.29 is 9.50 Å². The molecule has 1 N–H and O–H groups in total. The Labute approximate surface area is 95.7 Å². The molecular weight excluding hydrogens is 205 g/mol. The number of benzene rings is 1. The van der Waals surface area contributed by atoms with Crippen LogP contribution in [0.1, 0.15) is 20.3 Å². The Bertz CT molecular complexity index is 378. The van der Waals surface area contributed by atoms with Gasteiger partial charge in [0.15, 0.2) is 0 Å². The highest BCUT2D eigenvalue weighted by Crippen LogP contribution is 2.38. The van der Waals surface area contributed by atoms with Gasteiger partial charge >= 0.3 is 0 Å². The van der Waals surface area contributed by atoms with Crippen LogP contribution < -0.4 is 4.90 Å². The minimum Gasteiger partial charge on any atom is -0.396 e. The summed E-state index contributed by atoms with van der Waals surface area (Å²) in [5.74, 6) is 0.0290. The zero-order valence-corrected chi connectivity index (χ0v) is 9.78. The summed E-state index contributed by atoms with van der Waals surface area (Å²) in [4.78, 5) is 2.06. The normalized spacial score (nSPS) is 23.8. The molecule has 2 nitrogen and oxygen atoms in total. The Balaban J connectivity index is 2.33. The molecule has 1 heterocycles. The van der Waals surface area contributed by atoms with Crippen molar-refractivity contribution in [1.29, 1.82) is 0 Å². The average molecular weight is 223 g/mol. The highest BCUT2D eigenvalue weighted by molar-refractivity contribution is 5.51. The van der Waals surface area contributed by atoms with E-state index >= 15 is 0 Å². The molecule has 0 saturated carbocycles. The van der Waals surface area contributed by atoms with Crippen LogP contribution in [0, 0.1) is 11.7 Å². The van der Waals surface area contributed by atoms with Gasteiger partial charge < -0.3 is 10.0 Å². The second kappa shape index (κ2) is 4.06. The summed E-state index contributed by atoms with van der Waals surface area (Å²) in [7, 11) is 0. The van der Waals surface area contributed by atoms with E-state index in [-0.39, 0.29) is 23.9 Å². The van der Waals surface area contributed by atoms with Crippen LogP contribution in [-0.2, 0) is 0 Å². The number of aliphatic hydroxyl groups is 1. The Morgan fingerprint density at radius 2 is 2.12 bits per heavy atom. The first-order chi connectivity index (χ1) is 7.57. The van der Waals surface area contributed by atoms with Crippen LogP contribution >= 0.6 is 0 Å². The number of para-hydroxylation sites is 1. The molecule has 1 saturated heterocycles. The van der Waals surface area contributed by atoms with E-state index in [1.54, 1.807) is 12.1 Å². The first-order valence-electron chi connectivity index (χ1n) is 5.70. The number of hydrogen-bond donors (Lipinski definition) is 1. The third-order valence-electron chi connectivity index (χ3n) is 3.76. The Kier molecular flexibility index (Phi) is 2.89. The highest BCUT2D eigenvalue weighted by atomic mass is 19.1. The standard InChI is InChI=1S/C13H18FNO/c1-13(2)10(9-16)7-8-15(13)12-6-4-3-5-11(12)14/h3-6,10,16H,7-9H2,1-2H3. The largest absolute Gasteiger partial charge is 0.396 e. The molecule has 1 atom stereocenters. The van der Waals surface area contributed by atoms with Gasteiger partial charge in [0.05, 0.1) is 5.69 Å². The van der Waals surface area contributed by atoms with Gasteiger partial charge in [-0.1, -0.05) is 12.1 Å². The predicted octanol–water partition coefficient (Wildman–Crippen LogP) is 2.42. The van der Waals surface area contributed by atoms with Gasteiger partial charge in [-0.25, -0.2) is 4.39 Å². The maximum absolute atomic E-state index is 13.7. The maximum atomic E-state index is 13.7. The smallest absolute Gasteiger partial charge is 0.146 e. The van der Waals surface area contributed by atoms with Gasteiger partial charge in [0.25, 0.3) is 0 Å². The maximum Gasteiger partial charge on any atom is 0.146 e. The summed E-state index contributed by atoms with van der Waals surface area (Å²) in [6, 6.07) is 6.83. The number of halogens is 1. The second-order valence-corrected chi connectivity index (χ2v) is 4.92. The molecule has 0 bridgehead atoms. The molecule has 88 valence electrons. The van der Waals surface area contributed by atoms with Crippen molar-refractivity contribution in [2.24, 2.45) is 5.92 Å². The Morgan fingerprint density at radius 3 is 2.69 bits per heavy atom. The molecule has 1 fully saturated rings. The molecular formula is C13H18FNO. The zero-order chi connectivity index (χ0) is 11.8. The van der Waals surface area contributed by atoms with Gasteiger partial charge in [0.1, 0.15) is 5.82 Å². The van der Waals surface area contributed by atoms with Gasteiger partial charge in [-0.15, -0.1) is 0 Å². The third-order valence-corrected chi connectivity index (χ3v) is 3.76. The van der Waals surface area contributed by atoms with E-state index in [9.17, 15) is 9.50 Å². The molecule has 2 rings (SSSR count). The molecule has 1 unspecified atom stereocenters. The van der Waals surface area contributed by atoms with E-state index in [1.165, 1.54) is 6.07 Å². The summed E-state index contributed by atoms with van der Waals surface area (Å²) in [6.45, 7) is 5.10. The van der Waals surface area contributed by atoms with Crippen molar-refractivity contribution in [3.05, 3.63) is 30.1 Å². The molecule has 0 aromatic heterocycles. The van der Waals surface area contributed by atoms with Crippen molar-refractivity contribution in [3.8, 4) is 0 Å². The lowest BCUT2D eigenvalue weighted by Gasteiger charge is -2.37. The molecule has 0 radical (unpaired) electrons. The number of rotatable bonds is 2. The highest BCUT2D eigenvalue weighted by Gasteiger charge is 2.41. The second-order valence-electron chi connectivity index (χ2n) is 4.92. The summed E-state index contributed by atoms with van der Waals surface area (Å²) >= 11 is 0. The lowest BCUT2D eigenvalue weighted by Crippen LogP contribution is -2.44. The number of nitrogens with zero attached hydrogens (tertiary/aromatic N) is 1. The molecule has 0 spiro atoms. The lowest BCUT2D eigenvalue weighted by atomic mass is 9.89. The van der Waals surface area contributed by atoms with E-state index in [2.05, 4.69) is 18.7 Å². The average Bonchev–Trinajstić information content (AvgIpc) is 2.54. The van der Waals surface area contributed by atoms with E-state index in [0.29, 0.717) is 5.69 Å². The Hall–Kier alpha value is -1.09. The minimum absolute atomic E-state index is 0.165. The Morgan fingerprint density at radius 1 is 1.44 bits per heavy atom. The molecule has 16 heavy (non-hydrogen) atoms. The van der Waals surface area contributed by atoms with E-state index in [1.807, 2.05) is 6.07 Å². The number of anilines is 1. The molecule has 1 aromatic rings. The van der Waals surface area contributed by atoms with Crippen molar-refractivity contribution in [1.82, 2.24) is 0 Å². The number of hydrogen-bond acceptors (Lipinski definition) is 2. The molecule has 3 heteroatoms. The summed E-state index contributed by atoms with van der Waals surface area (Å²) < 4.78 is 13.7. The molecule has 0 amide bonds. The SMILES string of the molecule is CC1(C)C(CO)CCN1c1ccccc1F. The van der Waals surface area contributed by atoms with Crippen molar-refractivity contribution >= 4 is 5.69 Å². The van der Waals surface area contributed by atoms with Crippen LogP contribution in [0.2, 0.25) is 0 Å². The van der Waals surface area contributed by atoms with Gasteiger partial charge in [0.2, 0.25) is 0 Å². The molecule has 0 aliphatic carbocycles. The van der Waals surface area contributed by atoms with Crippen LogP contribution in [0.5, 0.6) is 0 Å². The van der Waals surface area contributed by atoms with Crippen LogP contribution in [0.25, 0.3) is 0 Å². The fourth-order valence-electron chi connectivity index (χ4n) is 2.56. The van der Waals surface area contributed by atoms with Crippen LogP contribution in [0.15, 0.2) is 24.3 Å². The molecule has 1 aliphatic rings. The predicted molar refractivity (Wildman–Crippen MR) is 63.0 cm³/mol. The van der Waals surface area contributed by atoms with Crippen molar-refractivity contribution in [3.63, 3.8) is 0 Å². The topological polar surface area (TPSA) is 23.5 Å². The van der Waals surface area contributed by atoms with Gasteiger partial charge in [-0.2, -0.15) is 0 Å². The quantitative estimate of drug-likeness (QED) is 0.832. The summed E-state index contributed by atoms with van der Waals surface area (Å²) in [5, 5.41) is 9.32. The first-order valence-corrected chi connectivity index (χ1v) is 5.70. The van der Waals surface area contributed by atoms with Gasteiger partial charge in [-0.05, 0) is 32.4 Å². The number of aliphatic hydroxyl groups excluding tert-OH is 1. The van der Waals surface area contributed by atoms with Crippen LogP contribution in [-0.4, -0.2) is 23.8 Å². The lowest BCUT2D eigenvalue weighted by molar-refractivity contribution is 0.189. The fourth-order valence-corrected chi connectivity index (χ4v) is 2.56. The van der Waals surface area contributed by atoms with E-state index in [0.717, 1.165) is 13.0 Å². The van der Waals surface area contributed by atoms with Crippen LogP contribution in [0.4, 0.5) is 10.1 Å². The third kappa shape index (κ3) is 1.69. The van der Waals surface area contributed by atoms with Crippen LogP contribution in [0.3, 0.4) is 0 Å². The van der Waals surface area contributed by atoms with Crippen molar-refractivity contribution in [2.45, 2.75) is 25.8 Å².